The van der Waals surface area contributed by atoms with Crippen molar-refractivity contribution in [3.8, 4) is 11.8 Å². The number of hydrogen-bond acceptors (Lipinski definition) is 10. The molecule has 4 rings (SSSR count). The summed E-state index contributed by atoms with van der Waals surface area (Å²) in [6.45, 7) is 5.44. The van der Waals surface area contributed by atoms with Crippen LogP contribution in [0.25, 0.3) is 5.76 Å². The highest BCUT2D eigenvalue weighted by molar-refractivity contribution is 6.24. The second-order valence-corrected chi connectivity index (χ2v) is 11.9. The van der Waals surface area contributed by atoms with Gasteiger partial charge in [-0.25, -0.2) is 0 Å². The molecule has 3 unspecified atom stereocenters. The van der Waals surface area contributed by atoms with E-state index in [-0.39, 0.29) is 11.3 Å². The van der Waals surface area contributed by atoms with Gasteiger partial charge >= 0.3 is 0 Å². The van der Waals surface area contributed by atoms with E-state index in [2.05, 4.69) is 6.07 Å². The monoisotopic (exact) mass is 553 g/mol. The predicted octanol–water partition coefficient (Wildman–Crippen LogP) is 1.47. The molecule has 11 nitrogen and oxygen atoms in total. The Morgan fingerprint density at radius 3 is 2.38 bits per heavy atom. The third-order valence-corrected chi connectivity index (χ3v) is 8.95. The molecule has 11 heteroatoms. The van der Waals surface area contributed by atoms with E-state index in [1.54, 1.807) is 19.1 Å². The fourth-order valence-corrected chi connectivity index (χ4v) is 6.91. The van der Waals surface area contributed by atoms with Gasteiger partial charge in [0, 0.05) is 23.5 Å². The number of aromatic hydroxyl groups is 1. The van der Waals surface area contributed by atoms with E-state index in [0.717, 1.165) is 0 Å². The Hall–Kier alpha value is -3.72. The van der Waals surface area contributed by atoms with Crippen LogP contribution in [-0.2, 0) is 19.8 Å². The summed E-state index contributed by atoms with van der Waals surface area (Å²) in [5, 5.41) is 66.3. The van der Waals surface area contributed by atoms with Crippen LogP contribution in [-0.4, -0.2) is 79.7 Å². The van der Waals surface area contributed by atoms with Gasteiger partial charge < -0.3 is 31.3 Å². The lowest BCUT2D eigenvalue weighted by Crippen LogP contribution is -2.70. The normalized spacial score (nSPS) is 30.1. The smallest absolute Gasteiger partial charge is 0.255 e. The molecule has 0 radical (unpaired) electrons. The van der Waals surface area contributed by atoms with Crippen molar-refractivity contribution in [3.63, 3.8) is 0 Å². The predicted molar refractivity (Wildman–Crippen MR) is 143 cm³/mol. The van der Waals surface area contributed by atoms with Crippen molar-refractivity contribution in [1.82, 2.24) is 4.90 Å². The second kappa shape index (κ2) is 9.73. The molecule has 1 saturated carbocycles. The Morgan fingerprint density at radius 1 is 1.20 bits per heavy atom. The Labute approximate surface area is 231 Å². The number of phenolic OH excluding ortho intramolecular Hbond substituents is 1. The summed E-state index contributed by atoms with van der Waals surface area (Å²) >= 11 is 0. The number of likely N-dealkylation sites (N-methyl/N-ethyl adjacent to an activating group) is 1. The van der Waals surface area contributed by atoms with Crippen molar-refractivity contribution < 1.29 is 39.9 Å². The molecule has 0 bridgehead atoms. The van der Waals surface area contributed by atoms with Gasteiger partial charge in [-0.05, 0) is 43.8 Å². The number of amides is 1. The molecule has 1 fully saturated rings. The average molecular weight is 554 g/mol. The fraction of sp³-hybridized carbons (Fsp3) is 0.517. The van der Waals surface area contributed by atoms with Crippen LogP contribution in [0.2, 0.25) is 0 Å². The number of aliphatic hydroxyl groups is 4. The molecule has 1 amide bonds. The van der Waals surface area contributed by atoms with Crippen LogP contribution in [0.4, 0.5) is 0 Å². The van der Waals surface area contributed by atoms with E-state index in [4.69, 9.17) is 11.0 Å². The fourth-order valence-electron chi connectivity index (χ4n) is 6.91. The quantitative estimate of drug-likeness (QED) is 0.221. The zero-order valence-electron chi connectivity index (χ0n) is 23.1. The summed E-state index contributed by atoms with van der Waals surface area (Å²) < 4.78 is 0. The molecule has 0 spiro atoms. The molecule has 3 aliphatic rings. The van der Waals surface area contributed by atoms with E-state index >= 15 is 0 Å². The number of phenols is 1. The molecule has 0 aliphatic heterocycles. The van der Waals surface area contributed by atoms with Crippen LogP contribution < -0.4 is 5.73 Å². The highest BCUT2D eigenvalue weighted by Gasteiger charge is 2.68. The number of primary amides is 1. The third-order valence-electron chi connectivity index (χ3n) is 8.95. The third kappa shape index (κ3) is 3.85. The van der Waals surface area contributed by atoms with Gasteiger partial charge in [0.1, 0.15) is 22.8 Å². The molecule has 6 atom stereocenters. The van der Waals surface area contributed by atoms with Gasteiger partial charge in [-0.3, -0.25) is 19.3 Å². The maximum absolute atomic E-state index is 14.1. The highest BCUT2D eigenvalue weighted by atomic mass is 16.4. The Bertz CT molecular complexity index is 1420. The SMILES string of the molecule is CC1c2ccc(C(C)(C)CCCC#N)c(O)c2C(O)=C2C(=O)[C@]3(O)C(O)=C(C(N)=O)C(=O)[C@@H](N(C)C)C3[C@@H](O)C21. The molecule has 0 heterocycles. The van der Waals surface area contributed by atoms with Crippen molar-refractivity contribution >= 4 is 23.2 Å². The zero-order valence-corrected chi connectivity index (χ0v) is 23.1. The minimum Gasteiger partial charge on any atom is -0.508 e. The van der Waals surface area contributed by atoms with E-state index in [1.165, 1.54) is 19.0 Å². The van der Waals surface area contributed by atoms with Crippen molar-refractivity contribution in [2.45, 2.75) is 69.1 Å². The van der Waals surface area contributed by atoms with Crippen LogP contribution in [0, 0.1) is 23.2 Å². The number of benzene rings is 1. The summed E-state index contributed by atoms with van der Waals surface area (Å²) in [6.07, 6.45) is -0.184. The van der Waals surface area contributed by atoms with Gasteiger partial charge in [-0.15, -0.1) is 0 Å². The van der Waals surface area contributed by atoms with Crippen molar-refractivity contribution in [3.05, 3.63) is 45.7 Å². The first-order valence-electron chi connectivity index (χ1n) is 13.1. The summed E-state index contributed by atoms with van der Waals surface area (Å²) in [5.74, 6) is -9.11. The molecule has 214 valence electrons. The first kappa shape index (κ1) is 29.3. The van der Waals surface area contributed by atoms with Crippen LogP contribution in [0.5, 0.6) is 5.75 Å². The van der Waals surface area contributed by atoms with Crippen molar-refractivity contribution in [2.24, 2.45) is 17.6 Å². The minimum atomic E-state index is -2.95. The number of ketones is 2. The lowest BCUT2D eigenvalue weighted by Gasteiger charge is -2.53. The maximum atomic E-state index is 14.1. The summed E-state index contributed by atoms with van der Waals surface area (Å²) in [4.78, 5) is 40.8. The van der Waals surface area contributed by atoms with Gasteiger partial charge in [-0.1, -0.05) is 32.9 Å². The standard InChI is InChI=1S/C29H35N3O8/c1-12-13-8-9-14(28(2,3)10-6-7-11-30)21(33)16(13)22(34)17-15(12)23(35)19-20(32(4)5)24(36)18(27(31)39)26(38)29(19,40)25(17)37/h8-9,12,15,19-20,23,33-35,38,40H,6-7,10H2,1-5H3,(H2,31,39)/t12?,15?,19?,20-,23-,29-/m0/s1. The molecule has 3 aliphatic carbocycles. The lowest BCUT2D eigenvalue weighted by molar-refractivity contribution is -0.169. The van der Waals surface area contributed by atoms with E-state index < -0.39 is 81.1 Å². The first-order chi connectivity index (χ1) is 18.5. The van der Waals surface area contributed by atoms with E-state index in [0.29, 0.717) is 30.4 Å². The van der Waals surface area contributed by atoms with Crippen molar-refractivity contribution in [2.75, 3.05) is 14.1 Å². The summed E-state index contributed by atoms with van der Waals surface area (Å²) in [6, 6.07) is 4.10. The van der Waals surface area contributed by atoms with Crippen molar-refractivity contribution in [1.29, 1.82) is 5.26 Å². The number of nitriles is 1. The first-order valence-corrected chi connectivity index (χ1v) is 13.1. The van der Waals surface area contributed by atoms with Gasteiger partial charge in [0.2, 0.25) is 5.78 Å². The number of fused-ring (bicyclic) bond motifs is 3. The highest BCUT2D eigenvalue weighted by Crippen LogP contribution is 2.57. The van der Waals surface area contributed by atoms with Crippen LogP contribution in [0.3, 0.4) is 0 Å². The summed E-state index contributed by atoms with van der Waals surface area (Å²) in [5.41, 5.74) is 1.27. The number of hydrogen-bond donors (Lipinski definition) is 6. The number of nitrogens with two attached hydrogens (primary N) is 1. The van der Waals surface area contributed by atoms with E-state index in [1.807, 2.05) is 13.8 Å². The van der Waals surface area contributed by atoms with Crippen LogP contribution in [0.15, 0.2) is 29.0 Å². The maximum Gasteiger partial charge on any atom is 0.255 e. The molecule has 40 heavy (non-hydrogen) atoms. The molecule has 1 aromatic rings. The number of aliphatic hydroxyl groups excluding tert-OH is 3. The number of rotatable bonds is 6. The average Bonchev–Trinajstić information content (AvgIpc) is 2.85. The van der Waals surface area contributed by atoms with Gasteiger partial charge in [-0.2, -0.15) is 5.26 Å². The Balaban J connectivity index is 1.98. The van der Waals surface area contributed by atoms with Gasteiger partial charge in [0.25, 0.3) is 5.91 Å². The molecule has 0 saturated heterocycles. The Morgan fingerprint density at radius 2 is 1.82 bits per heavy atom. The topological polar surface area (TPSA) is 205 Å². The lowest BCUT2D eigenvalue weighted by atomic mass is 9.54. The van der Waals surface area contributed by atoms with Gasteiger partial charge in [0.15, 0.2) is 11.4 Å². The largest absolute Gasteiger partial charge is 0.508 e. The summed E-state index contributed by atoms with van der Waals surface area (Å²) in [7, 11) is 2.92. The molecular formula is C29H35N3O8. The molecule has 1 aromatic carbocycles. The van der Waals surface area contributed by atoms with E-state index in [9.17, 15) is 39.9 Å². The number of carbonyl (C=O) groups excluding carboxylic acids is 3. The minimum absolute atomic E-state index is 0.0400. The van der Waals surface area contributed by atoms with Crippen LogP contribution >= 0.6 is 0 Å². The number of unbranched alkanes of at least 4 members (excludes halogenated alkanes) is 1. The number of carbonyl (C=O) groups is 3. The van der Waals surface area contributed by atoms with Gasteiger partial charge in [0.05, 0.1) is 29.7 Å². The molecule has 7 N–H and O–H groups in total. The molecule has 0 aromatic heterocycles. The zero-order chi connectivity index (χ0) is 30.1. The van der Waals surface area contributed by atoms with Crippen LogP contribution in [0.1, 0.15) is 62.6 Å². The number of nitrogens with zero attached hydrogens (tertiary/aromatic N) is 2. The number of Topliss-reactive ketones (excluding diaryl/α,β-unsaturated/α-hetero) is 2. The molecular weight excluding hydrogens is 518 g/mol. The second-order valence-electron chi connectivity index (χ2n) is 11.9. The Kier molecular flexibility index (Phi) is 7.12.